The number of terminal acetylenes is 1. The van der Waals surface area contributed by atoms with Gasteiger partial charge >= 0.3 is 0 Å². The topological polar surface area (TPSA) is 26.3 Å². The maximum absolute atomic E-state index is 12.9. The van der Waals surface area contributed by atoms with E-state index in [0.29, 0.717) is 12.8 Å². The first-order valence-electron chi connectivity index (χ1n) is 7.94. The molecule has 0 N–H and O–H groups in total. The maximum Gasteiger partial charge on any atom is 0.171 e. The van der Waals surface area contributed by atoms with Crippen LogP contribution in [-0.4, -0.2) is 12.9 Å². The van der Waals surface area contributed by atoms with E-state index in [9.17, 15) is 4.79 Å². The van der Waals surface area contributed by atoms with Crippen LogP contribution in [0, 0.1) is 25.2 Å². The van der Waals surface area contributed by atoms with Crippen LogP contribution in [0.4, 0.5) is 0 Å². The fourth-order valence-electron chi connectivity index (χ4n) is 3.34. The summed E-state index contributed by atoms with van der Waals surface area (Å²) in [5.74, 6) is 3.42. The van der Waals surface area contributed by atoms with Crippen molar-refractivity contribution in [3.05, 3.63) is 40.1 Å². The summed E-state index contributed by atoms with van der Waals surface area (Å²) in [6.45, 7) is 6.36. The molecule has 0 aliphatic heterocycles. The normalized spacial score (nSPS) is 17.8. The summed E-state index contributed by atoms with van der Waals surface area (Å²) in [5.41, 5.74) is 5.52. The molecule has 22 heavy (non-hydrogen) atoms. The Balaban J connectivity index is 2.63. The number of Topliss-reactive ketones (excluding diaryl/α,β-unsaturated/α-hetero) is 1. The van der Waals surface area contributed by atoms with E-state index in [1.54, 1.807) is 7.11 Å². The summed E-state index contributed by atoms with van der Waals surface area (Å²) in [6, 6.07) is 4.35. The molecule has 116 valence electrons. The lowest BCUT2D eigenvalue weighted by Gasteiger charge is -2.16. The smallest absolute Gasteiger partial charge is 0.171 e. The van der Waals surface area contributed by atoms with Crippen molar-refractivity contribution in [2.24, 2.45) is 5.92 Å². The minimum atomic E-state index is -0.134. The Kier molecular flexibility index (Phi) is 5.08. The third-order valence-electron chi connectivity index (χ3n) is 4.40. The minimum Gasteiger partial charge on any atom is -0.500 e. The molecule has 0 radical (unpaired) electrons. The van der Waals surface area contributed by atoms with Crippen molar-refractivity contribution in [1.29, 1.82) is 0 Å². The molecule has 0 aromatic heterocycles. The van der Waals surface area contributed by atoms with Gasteiger partial charge in [0.25, 0.3) is 0 Å². The highest BCUT2D eigenvalue weighted by Gasteiger charge is 2.36. The van der Waals surface area contributed by atoms with Crippen LogP contribution in [-0.2, 0) is 22.4 Å². The molecule has 2 nitrogen and oxygen atoms in total. The summed E-state index contributed by atoms with van der Waals surface area (Å²) in [5, 5.41) is 0. The van der Waals surface area contributed by atoms with E-state index in [1.165, 1.54) is 16.7 Å². The summed E-state index contributed by atoms with van der Waals surface area (Å²) in [4.78, 5) is 12.9. The van der Waals surface area contributed by atoms with Crippen molar-refractivity contribution < 1.29 is 9.53 Å². The molecular weight excluding hydrogens is 272 g/mol. The van der Waals surface area contributed by atoms with Crippen molar-refractivity contribution in [3.8, 4) is 12.3 Å². The van der Waals surface area contributed by atoms with Gasteiger partial charge < -0.3 is 4.74 Å². The summed E-state index contributed by atoms with van der Waals surface area (Å²) >= 11 is 0. The number of ether oxygens (including phenoxy) is 1. The molecule has 0 saturated carbocycles. The van der Waals surface area contributed by atoms with Gasteiger partial charge in [0.2, 0.25) is 0 Å². The number of hydrogen-bond acceptors (Lipinski definition) is 2. The molecule has 1 aliphatic carbocycles. The van der Waals surface area contributed by atoms with Crippen molar-refractivity contribution >= 4 is 11.4 Å². The van der Waals surface area contributed by atoms with Crippen molar-refractivity contribution in [1.82, 2.24) is 0 Å². The molecule has 1 aliphatic rings. The fraction of sp³-hybridized carbons (Fsp3) is 0.450. The summed E-state index contributed by atoms with van der Waals surface area (Å²) < 4.78 is 5.54. The van der Waals surface area contributed by atoms with Crippen LogP contribution < -0.4 is 0 Å². The van der Waals surface area contributed by atoms with Gasteiger partial charge in [-0.2, -0.15) is 0 Å². The number of aryl methyl sites for hydroxylation is 3. The molecule has 1 aromatic rings. The van der Waals surface area contributed by atoms with Crippen LogP contribution in [0.25, 0.3) is 5.57 Å². The van der Waals surface area contributed by atoms with Gasteiger partial charge in [0.05, 0.1) is 12.7 Å². The summed E-state index contributed by atoms with van der Waals surface area (Å²) in [7, 11) is 1.65. The van der Waals surface area contributed by atoms with E-state index in [4.69, 9.17) is 11.2 Å². The van der Waals surface area contributed by atoms with Crippen LogP contribution in [0.3, 0.4) is 0 Å². The van der Waals surface area contributed by atoms with E-state index in [-0.39, 0.29) is 11.7 Å². The zero-order valence-corrected chi connectivity index (χ0v) is 14.0. The van der Waals surface area contributed by atoms with E-state index in [2.05, 4.69) is 38.8 Å². The van der Waals surface area contributed by atoms with Gasteiger partial charge in [-0.05, 0) is 36.5 Å². The lowest BCUT2D eigenvalue weighted by atomic mass is 9.87. The van der Waals surface area contributed by atoms with Gasteiger partial charge in [0.15, 0.2) is 5.78 Å². The number of allylic oxidation sites excluding steroid dienone is 2. The SMILES string of the molecule is C#CCC1CC(OC)=C(c2c(CC)cc(C)cc2CC)C1=O. The number of carbonyl (C=O) groups is 1. The van der Waals surface area contributed by atoms with Gasteiger partial charge in [0, 0.05) is 18.8 Å². The minimum absolute atomic E-state index is 0.134. The molecule has 0 spiro atoms. The highest BCUT2D eigenvalue weighted by molar-refractivity contribution is 6.25. The van der Waals surface area contributed by atoms with Crippen LogP contribution in [0.1, 0.15) is 48.9 Å². The van der Waals surface area contributed by atoms with Crippen molar-refractivity contribution in [2.75, 3.05) is 7.11 Å². The monoisotopic (exact) mass is 296 g/mol. The number of carbonyl (C=O) groups excluding carboxylic acids is 1. The van der Waals surface area contributed by atoms with Crippen molar-refractivity contribution in [2.45, 2.75) is 46.5 Å². The molecule has 0 heterocycles. The van der Waals surface area contributed by atoms with Gasteiger partial charge in [-0.25, -0.2) is 0 Å². The molecule has 1 atom stereocenters. The average molecular weight is 296 g/mol. The highest BCUT2D eigenvalue weighted by atomic mass is 16.5. The standard InChI is InChI=1S/C20H24O2/c1-6-9-16-12-17(22-5)19(20(16)21)18-14(7-2)10-13(4)11-15(18)8-3/h1,10-11,16H,7-9,12H2,2-5H3. The molecule has 2 rings (SSSR count). The second-order valence-electron chi connectivity index (χ2n) is 5.84. The van der Waals surface area contributed by atoms with Crippen LogP contribution in [0.2, 0.25) is 0 Å². The van der Waals surface area contributed by atoms with Gasteiger partial charge in [0.1, 0.15) is 5.76 Å². The molecule has 0 fully saturated rings. The Morgan fingerprint density at radius 3 is 2.32 bits per heavy atom. The largest absolute Gasteiger partial charge is 0.500 e. The Morgan fingerprint density at radius 2 is 1.86 bits per heavy atom. The van der Waals surface area contributed by atoms with Crippen LogP contribution in [0.15, 0.2) is 17.9 Å². The van der Waals surface area contributed by atoms with E-state index >= 15 is 0 Å². The van der Waals surface area contributed by atoms with Gasteiger partial charge in [-0.1, -0.05) is 31.5 Å². The van der Waals surface area contributed by atoms with E-state index in [0.717, 1.165) is 29.7 Å². The number of hydrogen-bond donors (Lipinski definition) is 0. The predicted molar refractivity (Wildman–Crippen MR) is 90.4 cm³/mol. The molecule has 1 aromatic carbocycles. The van der Waals surface area contributed by atoms with E-state index < -0.39 is 0 Å². The van der Waals surface area contributed by atoms with Crippen LogP contribution in [0.5, 0.6) is 0 Å². The first-order valence-corrected chi connectivity index (χ1v) is 7.94. The lowest BCUT2D eigenvalue weighted by molar-refractivity contribution is -0.116. The third kappa shape index (κ3) is 2.81. The van der Waals surface area contributed by atoms with Gasteiger partial charge in [-0.3, -0.25) is 4.79 Å². The Hall–Kier alpha value is -2.01. The Bertz CT molecular complexity index is 634. The first-order chi connectivity index (χ1) is 10.6. The zero-order valence-electron chi connectivity index (χ0n) is 14.0. The second-order valence-corrected chi connectivity index (χ2v) is 5.84. The lowest BCUT2D eigenvalue weighted by Crippen LogP contribution is -2.11. The zero-order chi connectivity index (χ0) is 16.3. The summed E-state index contributed by atoms with van der Waals surface area (Å²) in [6.07, 6.45) is 8.31. The maximum atomic E-state index is 12.9. The number of rotatable bonds is 5. The second kappa shape index (κ2) is 6.83. The van der Waals surface area contributed by atoms with E-state index in [1.807, 2.05) is 0 Å². The predicted octanol–water partition coefficient (Wildman–Crippen LogP) is 4.09. The first kappa shape index (κ1) is 16.4. The fourth-order valence-corrected chi connectivity index (χ4v) is 3.34. The molecule has 2 heteroatoms. The Morgan fingerprint density at radius 1 is 1.27 bits per heavy atom. The number of methoxy groups -OCH3 is 1. The number of ketones is 1. The highest BCUT2D eigenvalue weighted by Crippen LogP contribution is 2.40. The number of benzene rings is 1. The third-order valence-corrected chi connectivity index (χ3v) is 4.40. The molecule has 0 saturated heterocycles. The molecule has 1 unspecified atom stereocenters. The molecular formula is C20H24O2. The van der Waals surface area contributed by atoms with Gasteiger partial charge in [-0.15, -0.1) is 12.3 Å². The van der Waals surface area contributed by atoms with Crippen LogP contribution >= 0.6 is 0 Å². The quantitative estimate of drug-likeness (QED) is 0.765. The Labute approximate surface area is 133 Å². The molecule has 0 amide bonds. The average Bonchev–Trinajstić information content (AvgIpc) is 2.83. The molecule has 0 bridgehead atoms. The van der Waals surface area contributed by atoms with Crippen molar-refractivity contribution in [3.63, 3.8) is 0 Å².